The van der Waals surface area contributed by atoms with Crippen LogP contribution in [0.3, 0.4) is 0 Å². The Labute approximate surface area is 176 Å². The lowest BCUT2D eigenvalue weighted by atomic mass is 9.80. The van der Waals surface area contributed by atoms with E-state index in [0.29, 0.717) is 19.6 Å². The number of ether oxygens (including phenoxy) is 2. The molecule has 0 spiro atoms. The topological polar surface area (TPSA) is 38.7 Å². The van der Waals surface area contributed by atoms with Crippen molar-refractivity contribution in [3.8, 4) is 0 Å². The molecule has 1 atom stereocenters. The van der Waals surface area contributed by atoms with E-state index in [-0.39, 0.29) is 17.1 Å². The standard InChI is InChI=1S/C26H36O3/c1-24(2,3)20-9-8-10-21(16-20)26(7,27)17-18-13-19(23-28-11-12-29-23)15-22(14-18)25(4,5)6/h8-10,13-16,23,27H,11-12,17H2,1-7H3. The number of hydrogen-bond donors (Lipinski definition) is 1. The Bertz CT molecular complexity index is 847. The molecule has 3 heteroatoms. The molecule has 0 aliphatic carbocycles. The van der Waals surface area contributed by atoms with E-state index in [2.05, 4.69) is 71.9 Å². The molecule has 2 aromatic carbocycles. The second kappa shape index (κ2) is 7.86. The summed E-state index contributed by atoms with van der Waals surface area (Å²) in [5.41, 5.74) is 4.61. The van der Waals surface area contributed by atoms with Gasteiger partial charge < -0.3 is 14.6 Å². The summed E-state index contributed by atoms with van der Waals surface area (Å²) >= 11 is 0. The first-order valence-corrected chi connectivity index (χ1v) is 10.6. The van der Waals surface area contributed by atoms with Crippen molar-refractivity contribution in [3.05, 3.63) is 70.3 Å². The number of rotatable bonds is 4. The van der Waals surface area contributed by atoms with Crippen molar-refractivity contribution in [2.24, 2.45) is 0 Å². The first kappa shape index (κ1) is 22.0. The predicted molar refractivity (Wildman–Crippen MR) is 118 cm³/mol. The van der Waals surface area contributed by atoms with Gasteiger partial charge in [-0.2, -0.15) is 0 Å². The number of hydrogen-bond acceptors (Lipinski definition) is 3. The van der Waals surface area contributed by atoms with Gasteiger partial charge in [-0.1, -0.05) is 84.0 Å². The average Bonchev–Trinajstić information content (AvgIpc) is 3.14. The van der Waals surface area contributed by atoms with Crippen LogP contribution in [0.2, 0.25) is 0 Å². The van der Waals surface area contributed by atoms with E-state index in [1.54, 1.807) is 0 Å². The largest absolute Gasteiger partial charge is 0.385 e. The van der Waals surface area contributed by atoms with Gasteiger partial charge in [-0.25, -0.2) is 0 Å². The van der Waals surface area contributed by atoms with Crippen molar-refractivity contribution in [1.82, 2.24) is 0 Å². The Hall–Kier alpha value is -1.68. The third-order valence-corrected chi connectivity index (χ3v) is 5.67. The molecular weight excluding hydrogens is 360 g/mol. The fourth-order valence-corrected chi connectivity index (χ4v) is 3.76. The Morgan fingerprint density at radius 3 is 1.97 bits per heavy atom. The molecule has 1 fully saturated rings. The molecule has 0 amide bonds. The zero-order chi connectivity index (χ0) is 21.4. The molecule has 0 aromatic heterocycles. The zero-order valence-corrected chi connectivity index (χ0v) is 19.0. The van der Waals surface area contributed by atoms with Gasteiger partial charge in [-0.05, 0) is 40.0 Å². The molecule has 1 saturated heterocycles. The van der Waals surface area contributed by atoms with E-state index in [0.717, 1.165) is 16.7 Å². The van der Waals surface area contributed by atoms with Gasteiger partial charge in [-0.15, -0.1) is 0 Å². The normalized spacial score (nSPS) is 18.1. The van der Waals surface area contributed by atoms with Crippen LogP contribution < -0.4 is 0 Å². The Balaban J connectivity index is 1.96. The van der Waals surface area contributed by atoms with Crippen molar-refractivity contribution < 1.29 is 14.6 Å². The highest BCUT2D eigenvalue weighted by atomic mass is 16.7. The Kier molecular flexibility index (Phi) is 5.97. The molecule has 0 bridgehead atoms. The zero-order valence-electron chi connectivity index (χ0n) is 19.0. The fraction of sp³-hybridized carbons (Fsp3) is 0.538. The van der Waals surface area contributed by atoms with Crippen molar-refractivity contribution in [3.63, 3.8) is 0 Å². The molecule has 29 heavy (non-hydrogen) atoms. The molecule has 3 nitrogen and oxygen atoms in total. The minimum atomic E-state index is -0.966. The number of benzene rings is 2. The second-order valence-electron chi connectivity index (χ2n) is 10.6. The lowest BCUT2D eigenvalue weighted by Gasteiger charge is -2.29. The first-order valence-electron chi connectivity index (χ1n) is 10.6. The van der Waals surface area contributed by atoms with Gasteiger partial charge in [0.05, 0.1) is 18.8 Å². The summed E-state index contributed by atoms with van der Waals surface area (Å²) < 4.78 is 11.5. The van der Waals surface area contributed by atoms with Crippen molar-refractivity contribution in [2.45, 2.75) is 77.6 Å². The lowest BCUT2D eigenvalue weighted by molar-refractivity contribution is -0.0443. The van der Waals surface area contributed by atoms with Crippen LogP contribution in [0.25, 0.3) is 0 Å². The van der Waals surface area contributed by atoms with Crippen LogP contribution in [0, 0.1) is 0 Å². The Morgan fingerprint density at radius 2 is 1.38 bits per heavy atom. The van der Waals surface area contributed by atoms with Gasteiger partial charge in [0.25, 0.3) is 0 Å². The van der Waals surface area contributed by atoms with Crippen LogP contribution in [0.4, 0.5) is 0 Å². The molecule has 158 valence electrons. The summed E-state index contributed by atoms with van der Waals surface area (Å²) in [6.07, 6.45) is 0.217. The fourth-order valence-electron chi connectivity index (χ4n) is 3.76. The SMILES string of the molecule is CC(C)(C)c1cc(CC(C)(O)c2cccc(C(C)(C)C)c2)cc(C2OCCO2)c1. The van der Waals surface area contributed by atoms with Gasteiger partial charge in [0.2, 0.25) is 0 Å². The average molecular weight is 397 g/mol. The third-order valence-electron chi connectivity index (χ3n) is 5.67. The highest BCUT2D eigenvalue weighted by Gasteiger charge is 2.28. The van der Waals surface area contributed by atoms with Crippen molar-refractivity contribution >= 4 is 0 Å². The van der Waals surface area contributed by atoms with E-state index < -0.39 is 5.60 Å². The minimum absolute atomic E-state index is 0.00136. The summed E-state index contributed by atoms with van der Waals surface area (Å²) in [6, 6.07) is 14.8. The van der Waals surface area contributed by atoms with Crippen LogP contribution in [0.1, 0.15) is 82.6 Å². The van der Waals surface area contributed by atoms with Gasteiger partial charge >= 0.3 is 0 Å². The molecule has 1 heterocycles. The van der Waals surface area contributed by atoms with E-state index >= 15 is 0 Å². The van der Waals surface area contributed by atoms with Crippen LogP contribution in [-0.2, 0) is 32.3 Å². The minimum Gasteiger partial charge on any atom is -0.385 e. The lowest BCUT2D eigenvalue weighted by Crippen LogP contribution is -2.26. The van der Waals surface area contributed by atoms with Gasteiger partial charge in [0.1, 0.15) is 0 Å². The maximum atomic E-state index is 11.4. The second-order valence-corrected chi connectivity index (χ2v) is 10.6. The monoisotopic (exact) mass is 396 g/mol. The van der Waals surface area contributed by atoms with Crippen molar-refractivity contribution in [1.29, 1.82) is 0 Å². The molecule has 3 rings (SSSR count). The molecule has 0 saturated carbocycles. The maximum Gasteiger partial charge on any atom is 0.184 e. The first-order chi connectivity index (χ1) is 13.4. The highest BCUT2D eigenvalue weighted by molar-refractivity contribution is 5.38. The molecule has 1 aliphatic heterocycles. The van der Waals surface area contributed by atoms with Crippen LogP contribution in [0.15, 0.2) is 42.5 Å². The maximum absolute atomic E-state index is 11.4. The summed E-state index contributed by atoms with van der Waals surface area (Å²) in [7, 11) is 0. The molecule has 2 aromatic rings. The summed E-state index contributed by atoms with van der Waals surface area (Å²) in [5, 5.41) is 11.4. The quantitative estimate of drug-likeness (QED) is 0.712. The molecule has 1 N–H and O–H groups in total. The molecular formula is C26H36O3. The predicted octanol–water partition coefficient (Wildman–Crippen LogP) is 5.78. The van der Waals surface area contributed by atoms with E-state index in [1.165, 1.54) is 11.1 Å². The van der Waals surface area contributed by atoms with Gasteiger partial charge in [0.15, 0.2) is 6.29 Å². The van der Waals surface area contributed by atoms with Crippen LogP contribution >= 0.6 is 0 Å². The van der Waals surface area contributed by atoms with Gasteiger partial charge in [-0.3, -0.25) is 0 Å². The van der Waals surface area contributed by atoms with E-state index in [1.807, 2.05) is 19.1 Å². The molecule has 1 unspecified atom stereocenters. The van der Waals surface area contributed by atoms with Crippen LogP contribution in [-0.4, -0.2) is 18.3 Å². The van der Waals surface area contributed by atoms with Crippen molar-refractivity contribution in [2.75, 3.05) is 13.2 Å². The highest BCUT2D eigenvalue weighted by Crippen LogP contribution is 2.34. The summed E-state index contributed by atoms with van der Waals surface area (Å²) in [5.74, 6) is 0. The third kappa shape index (κ3) is 5.28. The van der Waals surface area contributed by atoms with Crippen LogP contribution in [0.5, 0.6) is 0 Å². The summed E-state index contributed by atoms with van der Waals surface area (Å²) in [6.45, 7) is 16.4. The molecule has 0 radical (unpaired) electrons. The smallest absolute Gasteiger partial charge is 0.184 e. The molecule has 1 aliphatic rings. The summed E-state index contributed by atoms with van der Waals surface area (Å²) in [4.78, 5) is 0. The van der Waals surface area contributed by atoms with E-state index in [4.69, 9.17) is 9.47 Å². The van der Waals surface area contributed by atoms with Gasteiger partial charge in [0, 0.05) is 12.0 Å². The van der Waals surface area contributed by atoms with E-state index in [9.17, 15) is 5.11 Å². The Morgan fingerprint density at radius 1 is 0.793 bits per heavy atom. The number of aliphatic hydroxyl groups is 1.